The summed E-state index contributed by atoms with van der Waals surface area (Å²) in [5.74, 6) is -0.459. The predicted molar refractivity (Wildman–Crippen MR) is 79.2 cm³/mol. The monoisotopic (exact) mass is 291 g/mol. The van der Waals surface area contributed by atoms with Crippen LogP contribution in [-0.2, 0) is 11.2 Å². The molecule has 1 atom stereocenters. The van der Waals surface area contributed by atoms with Gasteiger partial charge in [0, 0.05) is 0 Å². The van der Waals surface area contributed by atoms with Crippen molar-refractivity contribution in [2.75, 3.05) is 0 Å². The highest BCUT2D eigenvalue weighted by molar-refractivity contribution is 6.31. The Bertz CT molecular complexity index is 625. The molecule has 0 amide bonds. The Morgan fingerprint density at radius 1 is 1.20 bits per heavy atom. The van der Waals surface area contributed by atoms with E-state index in [2.05, 4.69) is 0 Å². The molecule has 0 aromatic heterocycles. The van der Waals surface area contributed by atoms with E-state index in [-0.39, 0.29) is 10.8 Å². The zero-order valence-electron chi connectivity index (χ0n) is 11.1. The minimum Gasteiger partial charge on any atom is -0.321 e. The Morgan fingerprint density at radius 3 is 2.35 bits per heavy atom. The van der Waals surface area contributed by atoms with Gasteiger partial charge in [0.1, 0.15) is 11.6 Å². The first-order valence-corrected chi connectivity index (χ1v) is 6.65. The fourth-order valence-electron chi connectivity index (χ4n) is 1.91. The number of benzene rings is 2. The minimum atomic E-state index is -0.471. The first-order chi connectivity index (χ1) is 9.47. The van der Waals surface area contributed by atoms with Crippen LogP contribution in [0.25, 0.3) is 11.1 Å². The molecule has 0 fully saturated rings. The second kappa shape index (κ2) is 6.16. The van der Waals surface area contributed by atoms with Crippen molar-refractivity contribution in [2.45, 2.75) is 19.4 Å². The van der Waals surface area contributed by atoms with Crippen LogP contribution >= 0.6 is 11.6 Å². The maximum Gasteiger partial charge on any atom is 0.146 e. The summed E-state index contributed by atoms with van der Waals surface area (Å²) in [5.41, 5.74) is 8.50. The largest absolute Gasteiger partial charge is 0.321 e. The number of ketones is 1. The van der Waals surface area contributed by atoms with Gasteiger partial charge in [-0.1, -0.05) is 41.9 Å². The lowest BCUT2D eigenvalue weighted by atomic mass is 10.00. The fraction of sp³-hybridized carbons (Fsp3) is 0.188. The molecule has 0 saturated carbocycles. The molecule has 4 heteroatoms. The van der Waals surface area contributed by atoms with E-state index in [9.17, 15) is 9.18 Å². The molecule has 0 aliphatic rings. The molecule has 2 aromatic carbocycles. The highest BCUT2D eigenvalue weighted by Crippen LogP contribution is 2.25. The number of rotatable bonds is 4. The maximum atomic E-state index is 13.1. The molecule has 0 saturated heterocycles. The van der Waals surface area contributed by atoms with Crippen LogP contribution in [0.3, 0.4) is 0 Å². The normalized spacial score (nSPS) is 12.2. The van der Waals surface area contributed by atoms with Gasteiger partial charge >= 0.3 is 0 Å². The third kappa shape index (κ3) is 3.44. The Labute approximate surface area is 122 Å². The summed E-state index contributed by atoms with van der Waals surface area (Å²) in [6.07, 6.45) is 0.514. The summed E-state index contributed by atoms with van der Waals surface area (Å²) < 4.78 is 13.1. The molecule has 0 aliphatic heterocycles. The minimum absolute atomic E-state index is 0.0283. The van der Waals surface area contributed by atoms with Crippen LogP contribution < -0.4 is 5.73 Å². The number of hydrogen-bond acceptors (Lipinski definition) is 2. The zero-order chi connectivity index (χ0) is 14.7. The summed E-state index contributed by atoms with van der Waals surface area (Å²) in [4.78, 5) is 11.1. The van der Waals surface area contributed by atoms with Gasteiger partial charge in [0.2, 0.25) is 0 Å². The molecule has 20 heavy (non-hydrogen) atoms. The van der Waals surface area contributed by atoms with E-state index in [1.807, 2.05) is 24.3 Å². The van der Waals surface area contributed by atoms with E-state index in [0.717, 1.165) is 16.7 Å². The van der Waals surface area contributed by atoms with Crippen molar-refractivity contribution in [3.05, 3.63) is 58.9 Å². The van der Waals surface area contributed by atoms with Crippen molar-refractivity contribution in [1.82, 2.24) is 0 Å². The number of carbonyl (C=O) groups excluding carboxylic acids is 1. The lowest BCUT2D eigenvalue weighted by Crippen LogP contribution is -2.30. The smallest absolute Gasteiger partial charge is 0.146 e. The Balaban J connectivity index is 2.19. The van der Waals surface area contributed by atoms with E-state index in [4.69, 9.17) is 17.3 Å². The average molecular weight is 292 g/mol. The molecule has 0 heterocycles. The molecule has 0 unspecified atom stereocenters. The standard InChI is InChI=1S/C16H15ClFNO/c1-10(20)16(19)8-11-2-4-12(5-3-11)13-6-7-15(18)14(17)9-13/h2-7,9,16H,8,19H2,1H3/t16-/m1/s1. The second-order valence-electron chi connectivity index (χ2n) is 4.75. The van der Waals surface area contributed by atoms with Crippen LogP contribution in [0.4, 0.5) is 4.39 Å². The molecule has 0 aliphatic carbocycles. The lowest BCUT2D eigenvalue weighted by molar-refractivity contribution is -0.118. The van der Waals surface area contributed by atoms with E-state index < -0.39 is 11.9 Å². The SMILES string of the molecule is CC(=O)[C@H](N)Cc1ccc(-c2ccc(F)c(Cl)c2)cc1. The van der Waals surface area contributed by atoms with Crippen molar-refractivity contribution in [2.24, 2.45) is 5.73 Å². The first-order valence-electron chi connectivity index (χ1n) is 6.28. The van der Waals surface area contributed by atoms with Gasteiger partial charge in [-0.25, -0.2) is 4.39 Å². The van der Waals surface area contributed by atoms with E-state index in [1.165, 1.54) is 13.0 Å². The zero-order valence-corrected chi connectivity index (χ0v) is 11.8. The number of Topliss-reactive ketones (excluding diaryl/α,β-unsaturated/α-hetero) is 1. The van der Waals surface area contributed by atoms with Crippen molar-refractivity contribution in [3.8, 4) is 11.1 Å². The molecule has 2 nitrogen and oxygen atoms in total. The summed E-state index contributed by atoms with van der Waals surface area (Å²) in [6.45, 7) is 1.49. The number of nitrogens with two attached hydrogens (primary N) is 1. The summed E-state index contributed by atoms with van der Waals surface area (Å²) >= 11 is 5.77. The highest BCUT2D eigenvalue weighted by Gasteiger charge is 2.09. The fourth-order valence-corrected chi connectivity index (χ4v) is 2.09. The third-order valence-electron chi connectivity index (χ3n) is 3.18. The van der Waals surface area contributed by atoms with Gasteiger partial charge in [-0.2, -0.15) is 0 Å². The van der Waals surface area contributed by atoms with Gasteiger partial charge in [-0.15, -0.1) is 0 Å². The quantitative estimate of drug-likeness (QED) is 0.935. The van der Waals surface area contributed by atoms with Gasteiger partial charge in [0.15, 0.2) is 0 Å². The number of halogens is 2. The Kier molecular flexibility index (Phi) is 4.53. The predicted octanol–water partition coefficient (Wildman–Crippen LogP) is 3.60. The molecule has 2 rings (SSSR count). The average Bonchev–Trinajstić information content (AvgIpc) is 2.42. The third-order valence-corrected chi connectivity index (χ3v) is 3.47. The molecule has 2 N–H and O–H groups in total. The van der Waals surface area contributed by atoms with Crippen molar-refractivity contribution >= 4 is 17.4 Å². The lowest BCUT2D eigenvalue weighted by Gasteiger charge is -2.09. The van der Waals surface area contributed by atoms with Crippen LogP contribution in [0.1, 0.15) is 12.5 Å². The summed E-state index contributed by atoms with van der Waals surface area (Å²) in [5, 5.41) is 0.102. The van der Waals surface area contributed by atoms with Crippen LogP contribution in [0, 0.1) is 5.82 Å². The molecular weight excluding hydrogens is 277 g/mol. The van der Waals surface area contributed by atoms with Gasteiger partial charge < -0.3 is 5.73 Å². The number of carbonyl (C=O) groups is 1. The Morgan fingerprint density at radius 2 is 1.80 bits per heavy atom. The van der Waals surface area contributed by atoms with Crippen LogP contribution in [0.5, 0.6) is 0 Å². The van der Waals surface area contributed by atoms with Crippen molar-refractivity contribution in [3.63, 3.8) is 0 Å². The van der Waals surface area contributed by atoms with Crippen LogP contribution in [-0.4, -0.2) is 11.8 Å². The second-order valence-corrected chi connectivity index (χ2v) is 5.15. The topological polar surface area (TPSA) is 43.1 Å². The van der Waals surface area contributed by atoms with E-state index >= 15 is 0 Å². The van der Waals surface area contributed by atoms with Gasteiger partial charge in [-0.05, 0) is 42.2 Å². The number of hydrogen-bond donors (Lipinski definition) is 1. The van der Waals surface area contributed by atoms with Crippen LogP contribution in [0.2, 0.25) is 5.02 Å². The van der Waals surface area contributed by atoms with Gasteiger partial charge in [-0.3, -0.25) is 4.79 Å². The van der Waals surface area contributed by atoms with Crippen molar-refractivity contribution < 1.29 is 9.18 Å². The van der Waals surface area contributed by atoms with Crippen molar-refractivity contribution in [1.29, 1.82) is 0 Å². The van der Waals surface area contributed by atoms with E-state index in [1.54, 1.807) is 12.1 Å². The molecule has 0 bridgehead atoms. The van der Waals surface area contributed by atoms with Crippen LogP contribution in [0.15, 0.2) is 42.5 Å². The molecule has 0 radical (unpaired) electrons. The summed E-state index contributed by atoms with van der Waals surface area (Å²) in [6, 6.07) is 11.8. The first kappa shape index (κ1) is 14.7. The van der Waals surface area contributed by atoms with E-state index in [0.29, 0.717) is 6.42 Å². The molecule has 104 valence electrons. The highest BCUT2D eigenvalue weighted by atomic mass is 35.5. The van der Waals surface area contributed by atoms with Gasteiger partial charge in [0.25, 0.3) is 0 Å². The molecular formula is C16H15ClFNO. The van der Waals surface area contributed by atoms with Gasteiger partial charge in [0.05, 0.1) is 11.1 Å². The molecule has 0 spiro atoms. The Hall–Kier alpha value is -1.71. The molecule has 2 aromatic rings. The maximum absolute atomic E-state index is 13.1. The summed E-state index contributed by atoms with van der Waals surface area (Å²) in [7, 11) is 0.